The molecule has 3 rings (SSSR count). The van der Waals surface area contributed by atoms with Crippen LogP contribution in [0.4, 0.5) is 4.39 Å². The molecule has 30 heavy (non-hydrogen) atoms. The van der Waals surface area contributed by atoms with Gasteiger partial charge in [0.05, 0.1) is 6.04 Å². The van der Waals surface area contributed by atoms with Crippen LogP contribution in [-0.2, 0) is 4.79 Å². The van der Waals surface area contributed by atoms with E-state index in [1.165, 1.54) is 31.4 Å². The number of nitrogens with zero attached hydrogens (tertiary/aromatic N) is 3. The van der Waals surface area contributed by atoms with Crippen molar-refractivity contribution < 1.29 is 9.18 Å². The summed E-state index contributed by atoms with van der Waals surface area (Å²) in [6.45, 7) is 2.21. The number of carbonyl (C=O) groups is 1. The number of halogens is 1. The van der Waals surface area contributed by atoms with E-state index < -0.39 is 0 Å². The van der Waals surface area contributed by atoms with E-state index in [9.17, 15) is 9.18 Å². The molecule has 0 radical (unpaired) electrons. The van der Waals surface area contributed by atoms with E-state index in [-0.39, 0.29) is 23.8 Å². The van der Waals surface area contributed by atoms with Crippen molar-refractivity contribution in [3.8, 4) is 0 Å². The van der Waals surface area contributed by atoms with Crippen LogP contribution in [0.15, 0.2) is 29.3 Å². The molecule has 0 bridgehead atoms. The highest BCUT2D eigenvalue weighted by Gasteiger charge is 2.31. The van der Waals surface area contributed by atoms with Crippen LogP contribution in [0, 0.1) is 11.7 Å². The van der Waals surface area contributed by atoms with Gasteiger partial charge in [0.15, 0.2) is 5.96 Å². The molecule has 1 aliphatic heterocycles. The van der Waals surface area contributed by atoms with Crippen molar-refractivity contribution in [1.29, 1.82) is 0 Å². The van der Waals surface area contributed by atoms with Crippen molar-refractivity contribution in [3.05, 3.63) is 35.6 Å². The molecule has 1 aliphatic carbocycles. The largest absolute Gasteiger partial charge is 0.354 e. The molecule has 166 valence electrons. The van der Waals surface area contributed by atoms with Crippen LogP contribution < -0.4 is 10.6 Å². The third-order valence-electron chi connectivity index (χ3n) is 6.36. The predicted octanol–water partition coefficient (Wildman–Crippen LogP) is 2.77. The summed E-state index contributed by atoms with van der Waals surface area (Å²) in [7, 11) is 5.78. The van der Waals surface area contributed by atoms with E-state index in [4.69, 9.17) is 0 Å². The van der Waals surface area contributed by atoms with Crippen LogP contribution in [0.5, 0.6) is 0 Å². The summed E-state index contributed by atoms with van der Waals surface area (Å²) in [6.07, 6.45) is 6.67. The van der Waals surface area contributed by atoms with Gasteiger partial charge >= 0.3 is 0 Å². The van der Waals surface area contributed by atoms with Crippen molar-refractivity contribution in [2.75, 3.05) is 40.8 Å². The SMILES string of the molecule is CN=C(NCC(c1ccc(F)cc1)N(C)C)NC1CCN(C(=O)C2CCCCC2)C1. The van der Waals surface area contributed by atoms with Crippen molar-refractivity contribution >= 4 is 11.9 Å². The summed E-state index contributed by atoms with van der Waals surface area (Å²) >= 11 is 0. The lowest BCUT2D eigenvalue weighted by atomic mass is 9.88. The molecule has 0 spiro atoms. The number of carbonyl (C=O) groups excluding carboxylic acids is 1. The van der Waals surface area contributed by atoms with Gasteiger partial charge in [0.2, 0.25) is 5.91 Å². The van der Waals surface area contributed by atoms with Gasteiger partial charge in [-0.3, -0.25) is 9.79 Å². The smallest absolute Gasteiger partial charge is 0.225 e. The lowest BCUT2D eigenvalue weighted by Gasteiger charge is -2.27. The number of amides is 1. The summed E-state index contributed by atoms with van der Waals surface area (Å²) in [6, 6.07) is 6.95. The number of hydrogen-bond donors (Lipinski definition) is 2. The second-order valence-corrected chi connectivity index (χ2v) is 8.73. The third-order valence-corrected chi connectivity index (χ3v) is 6.36. The third kappa shape index (κ3) is 5.94. The lowest BCUT2D eigenvalue weighted by molar-refractivity contribution is -0.135. The van der Waals surface area contributed by atoms with Crippen molar-refractivity contribution in [2.24, 2.45) is 10.9 Å². The highest BCUT2D eigenvalue weighted by Crippen LogP contribution is 2.26. The molecule has 2 aliphatic rings. The Labute approximate surface area is 179 Å². The molecule has 2 fully saturated rings. The zero-order chi connectivity index (χ0) is 21.5. The highest BCUT2D eigenvalue weighted by atomic mass is 19.1. The van der Waals surface area contributed by atoms with Gasteiger partial charge in [-0.25, -0.2) is 4.39 Å². The number of likely N-dealkylation sites (tertiary alicyclic amines) is 1. The monoisotopic (exact) mass is 417 g/mol. The van der Waals surface area contributed by atoms with Crippen LogP contribution >= 0.6 is 0 Å². The number of hydrogen-bond acceptors (Lipinski definition) is 3. The lowest BCUT2D eigenvalue weighted by Crippen LogP contribution is -2.47. The van der Waals surface area contributed by atoms with Gasteiger partial charge in [-0.2, -0.15) is 0 Å². The van der Waals surface area contributed by atoms with E-state index in [1.54, 1.807) is 7.05 Å². The molecule has 1 aromatic carbocycles. The number of nitrogens with one attached hydrogen (secondary N) is 2. The maximum atomic E-state index is 13.3. The fraction of sp³-hybridized carbons (Fsp3) is 0.652. The molecule has 1 saturated heterocycles. The van der Waals surface area contributed by atoms with Gasteiger partial charge in [-0.05, 0) is 51.1 Å². The van der Waals surface area contributed by atoms with Crippen LogP contribution in [0.25, 0.3) is 0 Å². The van der Waals surface area contributed by atoms with E-state index >= 15 is 0 Å². The number of likely N-dealkylation sites (N-methyl/N-ethyl adjacent to an activating group) is 1. The first-order valence-corrected chi connectivity index (χ1v) is 11.2. The van der Waals surface area contributed by atoms with Gasteiger partial charge in [0.25, 0.3) is 0 Å². The summed E-state index contributed by atoms with van der Waals surface area (Å²) in [4.78, 5) is 21.3. The van der Waals surface area contributed by atoms with Crippen LogP contribution in [0.1, 0.15) is 50.1 Å². The maximum Gasteiger partial charge on any atom is 0.225 e. The van der Waals surface area contributed by atoms with Gasteiger partial charge in [-0.15, -0.1) is 0 Å². The van der Waals surface area contributed by atoms with E-state index in [2.05, 4.69) is 20.5 Å². The Morgan fingerprint density at radius 3 is 2.53 bits per heavy atom. The maximum absolute atomic E-state index is 13.3. The number of rotatable bonds is 6. The number of benzene rings is 1. The van der Waals surface area contributed by atoms with Gasteiger partial charge < -0.3 is 20.4 Å². The van der Waals surface area contributed by atoms with Gasteiger partial charge in [0, 0.05) is 38.6 Å². The van der Waals surface area contributed by atoms with Crippen LogP contribution in [-0.4, -0.2) is 68.5 Å². The topological polar surface area (TPSA) is 60.0 Å². The predicted molar refractivity (Wildman–Crippen MR) is 119 cm³/mol. The molecule has 1 amide bonds. The summed E-state index contributed by atoms with van der Waals surface area (Å²) < 4.78 is 13.3. The average Bonchev–Trinajstić information content (AvgIpc) is 3.22. The average molecular weight is 418 g/mol. The molecule has 0 aromatic heterocycles. The van der Waals surface area contributed by atoms with E-state index in [1.807, 2.05) is 31.1 Å². The second-order valence-electron chi connectivity index (χ2n) is 8.73. The molecule has 2 N–H and O–H groups in total. The van der Waals surface area contributed by atoms with Crippen LogP contribution in [0.3, 0.4) is 0 Å². The highest BCUT2D eigenvalue weighted by molar-refractivity contribution is 5.81. The normalized spacial score (nSPS) is 21.7. The fourth-order valence-corrected chi connectivity index (χ4v) is 4.55. The summed E-state index contributed by atoms with van der Waals surface area (Å²) in [5.74, 6) is 1.08. The van der Waals surface area contributed by atoms with Crippen molar-refractivity contribution in [3.63, 3.8) is 0 Å². The van der Waals surface area contributed by atoms with Crippen LogP contribution in [0.2, 0.25) is 0 Å². The first-order chi connectivity index (χ1) is 14.5. The quantitative estimate of drug-likeness (QED) is 0.552. The minimum Gasteiger partial charge on any atom is -0.354 e. The van der Waals surface area contributed by atoms with E-state index in [0.717, 1.165) is 43.9 Å². The molecule has 6 nitrogen and oxygen atoms in total. The molecule has 2 atom stereocenters. The standard InChI is InChI=1S/C23H36FN5O/c1-25-23(26-15-21(28(2)3)17-9-11-19(24)12-10-17)27-20-13-14-29(16-20)22(30)18-7-5-4-6-8-18/h9-12,18,20-21H,4-8,13-16H2,1-3H3,(H2,25,26,27). The Bertz CT molecular complexity index is 715. The van der Waals surface area contributed by atoms with Gasteiger partial charge in [0.1, 0.15) is 5.82 Å². The Morgan fingerprint density at radius 2 is 1.90 bits per heavy atom. The summed E-state index contributed by atoms with van der Waals surface area (Å²) in [5.41, 5.74) is 1.05. The Morgan fingerprint density at radius 1 is 1.20 bits per heavy atom. The molecule has 2 unspecified atom stereocenters. The van der Waals surface area contributed by atoms with Gasteiger partial charge in [-0.1, -0.05) is 31.4 Å². The Balaban J connectivity index is 1.50. The van der Waals surface area contributed by atoms with Crippen molar-refractivity contribution in [1.82, 2.24) is 20.4 Å². The Hall–Kier alpha value is -2.15. The fourth-order valence-electron chi connectivity index (χ4n) is 4.55. The zero-order valence-electron chi connectivity index (χ0n) is 18.5. The minimum absolute atomic E-state index is 0.0945. The molecule has 1 saturated carbocycles. The number of aliphatic imine (C=N–C) groups is 1. The molecule has 1 aromatic rings. The zero-order valence-corrected chi connectivity index (χ0v) is 18.5. The molecule has 7 heteroatoms. The molecule has 1 heterocycles. The first kappa shape index (κ1) is 22.5. The molecular weight excluding hydrogens is 381 g/mol. The number of guanidine groups is 1. The van der Waals surface area contributed by atoms with E-state index in [0.29, 0.717) is 12.5 Å². The van der Waals surface area contributed by atoms with Crippen molar-refractivity contribution in [2.45, 2.75) is 50.6 Å². The summed E-state index contributed by atoms with van der Waals surface area (Å²) in [5, 5.41) is 6.87. The minimum atomic E-state index is -0.227. The first-order valence-electron chi connectivity index (χ1n) is 11.2. The Kier molecular flexibility index (Phi) is 8.08. The molecular formula is C23H36FN5O. The second kappa shape index (κ2) is 10.8.